The van der Waals surface area contributed by atoms with E-state index in [1.807, 2.05) is 6.92 Å². The molecule has 3 atom stereocenters. The standard InChI is InChI=1S/C16H31N3O3/c1-3-5-7-8-9-13-11-19(18-17-13)14(12-20)16(22)15(21)10-6-4-2/h11,14-16,20-22H,3-10,12H2,1-2H3/t14-,15+,16-/m0/s1. The first kappa shape index (κ1) is 19.1. The van der Waals surface area contributed by atoms with Gasteiger partial charge in [-0.1, -0.05) is 51.2 Å². The van der Waals surface area contributed by atoms with Gasteiger partial charge in [0, 0.05) is 6.20 Å². The Kier molecular flexibility index (Phi) is 9.27. The number of rotatable bonds is 12. The molecule has 0 saturated heterocycles. The molecule has 1 aromatic heterocycles. The van der Waals surface area contributed by atoms with E-state index in [1.54, 1.807) is 6.20 Å². The predicted octanol–water partition coefficient (Wildman–Crippen LogP) is 1.85. The largest absolute Gasteiger partial charge is 0.394 e. The third kappa shape index (κ3) is 6.02. The van der Waals surface area contributed by atoms with Crippen LogP contribution in [0.5, 0.6) is 0 Å². The van der Waals surface area contributed by atoms with E-state index in [-0.39, 0.29) is 6.61 Å². The number of hydrogen-bond donors (Lipinski definition) is 3. The second kappa shape index (κ2) is 10.7. The number of aliphatic hydroxyl groups excluding tert-OH is 3. The van der Waals surface area contributed by atoms with Crippen molar-refractivity contribution in [2.24, 2.45) is 0 Å². The van der Waals surface area contributed by atoms with Crippen molar-refractivity contribution in [3.8, 4) is 0 Å². The Hall–Kier alpha value is -0.980. The maximum Gasteiger partial charge on any atom is 0.105 e. The maximum absolute atomic E-state index is 10.2. The van der Waals surface area contributed by atoms with E-state index in [0.717, 1.165) is 31.4 Å². The van der Waals surface area contributed by atoms with Gasteiger partial charge >= 0.3 is 0 Å². The number of aryl methyl sites for hydroxylation is 1. The van der Waals surface area contributed by atoms with Crippen molar-refractivity contribution >= 4 is 0 Å². The number of nitrogens with zero attached hydrogens (tertiary/aromatic N) is 3. The van der Waals surface area contributed by atoms with E-state index < -0.39 is 18.2 Å². The minimum absolute atomic E-state index is 0.275. The molecule has 0 spiro atoms. The van der Waals surface area contributed by atoms with Crippen LogP contribution in [0.25, 0.3) is 0 Å². The van der Waals surface area contributed by atoms with Crippen LogP contribution in [-0.2, 0) is 6.42 Å². The van der Waals surface area contributed by atoms with Gasteiger partial charge in [0.05, 0.1) is 18.4 Å². The summed E-state index contributed by atoms with van der Waals surface area (Å²) in [5, 5.41) is 37.8. The Balaban J connectivity index is 2.57. The first-order valence-corrected chi connectivity index (χ1v) is 8.51. The van der Waals surface area contributed by atoms with Crippen molar-refractivity contribution in [1.82, 2.24) is 15.0 Å². The molecule has 0 unspecified atom stereocenters. The molecule has 0 amide bonds. The Bertz CT molecular complexity index is 398. The van der Waals surface area contributed by atoms with E-state index in [2.05, 4.69) is 17.2 Å². The Labute approximate surface area is 133 Å². The minimum atomic E-state index is -1.04. The molecule has 0 bridgehead atoms. The normalized spacial score (nSPS) is 15.7. The van der Waals surface area contributed by atoms with Gasteiger partial charge in [0.25, 0.3) is 0 Å². The van der Waals surface area contributed by atoms with Crippen LogP contribution in [0.15, 0.2) is 6.20 Å². The molecule has 3 N–H and O–H groups in total. The molecule has 0 saturated carbocycles. The van der Waals surface area contributed by atoms with Gasteiger partial charge in [-0.05, 0) is 19.3 Å². The van der Waals surface area contributed by atoms with E-state index >= 15 is 0 Å². The van der Waals surface area contributed by atoms with Gasteiger partial charge in [-0.15, -0.1) is 5.10 Å². The predicted molar refractivity (Wildman–Crippen MR) is 85.5 cm³/mol. The lowest BCUT2D eigenvalue weighted by atomic mass is 10.0. The van der Waals surface area contributed by atoms with Crippen molar-refractivity contribution in [2.45, 2.75) is 83.5 Å². The summed E-state index contributed by atoms with van der Waals surface area (Å²) in [6.45, 7) is 3.93. The molecule has 0 aromatic carbocycles. The molecule has 0 aliphatic carbocycles. The van der Waals surface area contributed by atoms with Gasteiger partial charge < -0.3 is 15.3 Å². The smallest absolute Gasteiger partial charge is 0.105 e. The zero-order chi connectivity index (χ0) is 16.4. The Morgan fingerprint density at radius 3 is 2.45 bits per heavy atom. The van der Waals surface area contributed by atoms with Gasteiger partial charge in [0.1, 0.15) is 12.1 Å². The maximum atomic E-state index is 10.2. The third-order valence-electron chi connectivity index (χ3n) is 4.01. The molecule has 0 aliphatic rings. The fourth-order valence-corrected chi connectivity index (χ4v) is 2.51. The summed E-state index contributed by atoms with van der Waals surface area (Å²) in [6.07, 6.45) is 7.71. The first-order valence-electron chi connectivity index (χ1n) is 8.51. The van der Waals surface area contributed by atoms with Gasteiger partial charge in [-0.25, -0.2) is 4.68 Å². The number of aliphatic hydroxyl groups is 3. The molecule has 1 aromatic rings. The van der Waals surface area contributed by atoms with Crippen molar-refractivity contribution in [1.29, 1.82) is 0 Å². The summed E-state index contributed by atoms with van der Waals surface area (Å²) >= 11 is 0. The van der Waals surface area contributed by atoms with Crippen LogP contribution in [-0.4, -0.2) is 49.1 Å². The zero-order valence-corrected chi connectivity index (χ0v) is 13.9. The molecule has 6 heteroatoms. The van der Waals surface area contributed by atoms with Crippen LogP contribution in [0, 0.1) is 0 Å². The molecular weight excluding hydrogens is 282 g/mol. The summed E-state index contributed by atoms with van der Waals surface area (Å²) in [7, 11) is 0. The molecular formula is C16H31N3O3. The second-order valence-electron chi connectivity index (χ2n) is 5.95. The van der Waals surface area contributed by atoms with Crippen molar-refractivity contribution in [3.63, 3.8) is 0 Å². The van der Waals surface area contributed by atoms with Crippen LogP contribution in [0.4, 0.5) is 0 Å². The zero-order valence-electron chi connectivity index (χ0n) is 13.9. The van der Waals surface area contributed by atoms with Crippen LogP contribution in [0.2, 0.25) is 0 Å². The van der Waals surface area contributed by atoms with Crippen LogP contribution >= 0.6 is 0 Å². The topological polar surface area (TPSA) is 91.4 Å². The highest BCUT2D eigenvalue weighted by atomic mass is 16.3. The van der Waals surface area contributed by atoms with E-state index in [9.17, 15) is 15.3 Å². The lowest BCUT2D eigenvalue weighted by molar-refractivity contribution is -0.0349. The Morgan fingerprint density at radius 2 is 1.82 bits per heavy atom. The minimum Gasteiger partial charge on any atom is -0.394 e. The molecule has 1 rings (SSSR count). The molecule has 0 fully saturated rings. The third-order valence-corrected chi connectivity index (χ3v) is 4.01. The summed E-state index contributed by atoms with van der Waals surface area (Å²) in [4.78, 5) is 0. The molecule has 6 nitrogen and oxygen atoms in total. The lowest BCUT2D eigenvalue weighted by Crippen LogP contribution is -2.37. The average Bonchev–Trinajstić information content (AvgIpc) is 2.98. The van der Waals surface area contributed by atoms with E-state index in [0.29, 0.717) is 6.42 Å². The van der Waals surface area contributed by atoms with Crippen LogP contribution in [0.1, 0.15) is 70.5 Å². The van der Waals surface area contributed by atoms with Gasteiger partial charge in [0.15, 0.2) is 0 Å². The van der Waals surface area contributed by atoms with Gasteiger partial charge in [-0.2, -0.15) is 0 Å². The number of hydrogen-bond acceptors (Lipinski definition) is 5. The summed E-state index contributed by atoms with van der Waals surface area (Å²) in [6, 6.07) is -0.649. The monoisotopic (exact) mass is 313 g/mol. The molecule has 0 aliphatic heterocycles. The summed E-state index contributed by atoms with van der Waals surface area (Å²) < 4.78 is 1.48. The summed E-state index contributed by atoms with van der Waals surface area (Å²) in [5.74, 6) is 0. The lowest BCUT2D eigenvalue weighted by Gasteiger charge is -2.25. The average molecular weight is 313 g/mol. The van der Waals surface area contributed by atoms with Gasteiger partial charge in [0.2, 0.25) is 0 Å². The van der Waals surface area contributed by atoms with Crippen molar-refractivity contribution in [2.75, 3.05) is 6.61 Å². The summed E-state index contributed by atoms with van der Waals surface area (Å²) in [5.41, 5.74) is 0.866. The SMILES string of the molecule is CCCCCCc1cn([C@@H](CO)[C@H](O)[C@H](O)CCCC)nn1. The number of unbranched alkanes of at least 4 members (excludes halogenated alkanes) is 4. The highest BCUT2D eigenvalue weighted by molar-refractivity contribution is 4.95. The highest BCUT2D eigenvalue weighted by Gasteiger charge is 2.28. The highest BCUT2D eigenvalue weighted by Crippen LogP contribution is 2.17. The quantitative estimate of drug-likeness (QED) is 0.512. The van der Waals surface area contributed by atoms with Crippen LogP contribution in [0.3, 0.4) is 0 Å². The van der Waals surface area contributed by atoms with E-state index in [1.165, 1.54) is 23.9 Å². The second-order valence-corrected chi connectivity index (χ2v) is 5.95. The fraction of sp³-hybridized carbons (Fsp3) is 0.875. The van der Waals surface area contributed by atoms with Crippen LogP contribution < -0.4 is 0 Å². The van der Waals surface area contributed by atoms with Gasteiger partial charge in [-0.3, -0.25) is 0 Å². The molecule has 1 heterocycles. The fourth-order valence-electron chi connectivity index (χ4n) is 2.51. The number of aromatic nitrogens is 3. The van der Waals surface area contributed by atoms with Crippen molar-refractivity contribution in [3.05, 3.63) is 11.9 Å². The van der Waals surface area contributed by atoms with E-state index in [4.69, 9.17) is 0 Å². The molecule has 128 valence electrons. The Morgan fingerprint density at radius 1 is 1.09 bits per heavy atom. The molecule has 22 heavy (non-hydrogen) atoms. The molecule has 0 radical (unpaired) electrons. The van der Waals surface area contributed by atoms with Crippen molar-refractivity contribution < 1.29 is 15.3 Å². The first-order chi connectivity index (χ1) is 10.6.